The van der Waals surface area contributed by atoms with Gasteiger partial charge in [-0.3, -0.25) is 4.79 Å². The van der Waals surface area contributed by atoms with Crippen LogP contribution in [0.5, 0.6) is 0 Å². The number of aliphatic hydroxyl groups excluding tert-OH is 1. The van der Waals surface area contributed by atoms with Crippen LogP contribution in [0.4, 0.5) is 0 Å². The minimum absolute atomic E-state index is 0. The fourth-order valence-corrected chi connectivity index (χ4v) is 0.933. The summed E-state index contributed by atoms with van der Waals surface area (Å²) in [5.41, 5.74) is 0. The van der Waals surface area contributed by atoms with Crippen LogP contribution in [0.15, 0.2) is 0 Å². The van der Waals surface area contributed by atoms with Gasteiger partial charge in [0.1, 0.15) is 0 Å². The minimum atomic E-state index is -1.20. The van der Waals surface area contributed by atoms with Crippen molar-refractivity contribution in [3.05, 3.63) is 0 Å². The summed E-state index contributed by atoms with van der Waals surface area (Å²) in [6, 6.07) is -0.433. The second kappa shape index (κ2) is 8.23. The molecule has 5 nitrogen and oxygen atoms in total. The first-order chi connectivity index (χ1) is 5.93. The molecule has 6 heteroatoms. The van der Waals surface area contributed by atoms with E-state index < -0.39 is 18.1 Å². The summed E-state index contributed by atoms with van der Waals surface area (Å²) in [5.74, 6) is -1.45. The first kappa shape index (κ1) is 16.3. The zero-order valence-electron chi connectivity index (χ0n) is 8.74. The van der Waals surface area contributed by atoms with Crippen LogP contribution in [0.2, 0.25) is 0 Å². The zero-order valence-corrected chi connectivity index (χ0v) is 10.7. The normalized spacial score (nSPS) is 13.6. The van der Waals surface area contributed by atoms with Gasteiger partial charge in [-0.25, -0.2) is 0 Å². The minimum Gasteiger partial charge on any atom is -0.550 e. The van der Waals surface area contributed by atoms with Crippen LogP contribution in [0, 0.1) is 0 Å². The largest absolute Gasteiger partial charge is 1.00 e. The van der Waals surface area contributed by atoms with Crippen LogP contribution >= 0.6 is 0 Å². The Morgan fingerprint density at radius 3 is 2.36 bits per heavy atom. The SMILES string of the molecule is CC(=O)NC(C)C(O)CCC(=O)[O-].[Na+]. The van der Waals surface area contributed by atoms with Gasteiger partial charge in [-0.15, -0.1) is 0 Å². The molecule has 0 aliphatic heterocycles. The van der Waals surface area contributed by atoms with Gasteiger partial charge in [0.25, 0.3) is 0 Å². The number of hydrogen-bond acceptors (Lipinski definition) is 4. The molecule has 0 aromatic carbocycles. The smallest absolute Gasteiger partial charge is 0.550 e. The van der Waals surface area contributed by atoms with Crippen LogP contribution in [-0.4, -0.2) is 29.1 Å². The van der Waals surface area contributed by atoms with Crippen molar-refractivity contribution in [2.45, 2.75) is 38.8 Å². The van der Waals surface area contributed by atoms with E-state index in [2.05, 4.69) is 5.32 Å². The Kier molecular flexibility index (Phi) is 9.60. The first-order valence-electron chi connectivity index (χ1n) is 4.08. The van der Waals surface area contributed by atoms with Gasteiger partial charge < -0.3 is 20.3 Å². The number of carbonyl (C=O) groups is 2. The Labute approximate surface area is 105 Å². The second-order valence-corrected chi connectivity index (χ2v) is 2.97. The fourth-order valence-electron chi connectivity index (χ4n) is 0.933. The molecule has 0 rings (SSSR count). The van der Waals surface area contributed by atoms with Crippen molar-refractivity contribution >= 4 is 11.9 Å². The number of aliphatic hydroxyl groups is 1. The quantitative estimate of drug-likeness (QED) is 0.448. The Morgan fingerprint density at radius 2 is 2.00 bits per heavy atom. The third kappa shape index (κ3) is 8.50. The topological polar surface area (TPSA) is 89.5 Å². The molecule has 0 heterocycles. The molecule has 0 radical (unpaired) electrons. The van der Waals surface area contributed by atoms with Crippen molar-refractivity contribution in [2.75, 3.05) is 0 Å². The molecule has 2 unspecified atom stereocenters. The van der Waals surface area contributed by atoms with E-state index in [0.29, 0.717) is 0 Å². The molecular formula is C8H14NNaO4. The summed E-state index contributed by atoms with van der Waals surface area (Å²) in [6.07, 6.45) is -0.962. The molecule has 2 atom stereocenters. The molecule has 14 heavy (non-hydrogen) atoms. The van der Waals surface area contributed by atoms with E-state index in [1.165, 1.54) is 6.92 Å². The molecule has 0 aliphatic carbocycles. The van der Waals surface area contributed by atoms with Crippen LogP contribution in [0.25, 0.3) is 0 Å². The molecule has 0 fully saturated rings. The van der Waals surface area contributed by atoms with Crippen molar-refractivity contribution in [1.82, 2.24) is 5.32 Å². The van der Waals surface area contributed by atoms with E-state index in [4.69, 9.17) is 0 Å². The summed E-state index contributed by atoms with van der Waals surface area (Å²) >= 11 is 0. The van der Waals surface area contributed by atoms with Gasteiger partial charge >= 0.3 is 29.6 Å². The first-order valence-corrected chi connectivity index (χ1v) is 4.08. The number of nitrogens with one attached hydrogen (secondary N) is 1. The van der Waals surface area contributed by atoms with Gasteiger partial charge in [0, 0.05) is 12.9 Å². The molecule has 76 valence electrons. The molecule has 2 N–H and O–H groups in total. The number of carboxylic acid groups (broad SMARTS) is 1. The third-order valence-electron chi connectivity index (χ3n) is 1.65. The number of amides is 1. The second-order valence-electron chi connectivity index (χ2n) is 2.97. The monoisotopic (exact) mass is 211 g/mol. The maximum atomic E-state index is 10.5. The molecule has 0 aliphatic rings. The third-order valence-corrected chi connectivity index (χ3v) is 1.65. The van der Waals surface area contributed by atoms with Crippen molar-refractivity contribution in [3.63, 3.8) is 0 Å². The van der Waals surface area contributed by atoms with Crippen LogP contribution in [0.1, 0.15) is 26.7 Å². The number of aliphatic carboxylic acids is 1. The Morgan fingerprint density at radius 1 is 1.50 bits per heavy atom. The zero-order chi connectivity index (χ0) is 10.4. The summed E-state index contributed by atoms with van der Waals surface area (Å²) in [4.78, 5) is 20.6. The average Bonchev–Trinajstić information content (AvgIpc) is 1.98. The fraction of sp³-hybridized carbons (Fsp3) is 0.750. The molecule has 0 aromatic heterocycles. The van der Waals surface area contributed by atoms with E-state index in [9.17, 15) is 19.8 Å². The van der Waals surface area contributed by atoms with E-state index in [-0.39, 0.29) is 48.3 Å². The van der Waals surface area contributed by atoms with Crippen molar-refractivity contribution in [3.8, 4) is 0 Å². The molecule has 0 saturated carbocycles. The van der Waals surface area contributed by atoms with E-state index in [1.54, 1.807) is 6.92 Å². The standard InChI is InChI=1S/C8H15NO4.Na/c1-5(9-6(2)10)7(11)3-4-8(12)13;/h5,7,11H,3-4H2,1-2H3,(H,9,10)(H,12,13);/q;+1/p-1. The summed E-state index contributed by atoms with van der Waals surface area (Å²) in [5, 5.41) is 21.8. The molecule has 0 spiro atoms. The van der Waals surface area contributed by atoms with Crippen LogP contribution < -0.4 is 40.0 Å². The molecule has 1 amide bonds. The molecule has 0 saturated heterocycles. The van der Waals surface area contributed by atoms with E-state index in [1.807, 2.05) is 0 Å². The van der Waals surface area contributed by atoms with Crippen LogP contribution in [-0.2, 0) is 9.59 Å². The van der Waals surface area contributed by atoms with Crippen LogP contribution in [0.3, 0.4) is 0 Å². The van der Waals surface area contributed by atoms with E-state index >= 15 is 0 Å². The van der Waals surface area contributed by atoms with Gasteiger partial charge in [0.15, 0.2) is 0 Å². The predicted octanol–water partition coefficient (Wildman–Crippen LogP) is -4.59. The molecule has 0 aromatic rings. The number of rotatable bonds is 5. The van der Waals surface area contributed by atoms with Crippen molar-refractivity contribution < 1.29 is 49.4 Å². The van der Waals surface area contributed by atoms with Gasteiger partial charge in [-0.05, 0) is 19.8 Å². The maximum Gasteiger partial charge on any atom is 1.00 e. The number of hydrogen-bond donors (Lipinski definition) is 2. The molecule has 0 bridgehead atoms. The summed E-state index contributed by atoms with van der Waals surface area (Å²) < 4.78 is 0. The van der Waals surface area contributed by atoms with Gasteiger partial charge in [-0.2, -0.15) is 0 Å². The van der Waals surface area contributed by atoms with Gasteiger partial charge in [0.05, 0.1) is 12.1 Å². The molecular weight excluding hydrogens is 197 g/mol. The maximum absolute atomic E-state index is 10.5. The average molecular weight is 211 g/mol. The van der Waals surface area contributed by atoms with Crippen molar-refractivity contribution in [2.24, 2.45) is 0 Å². The predicted molar refractivity (Wildman–Crippen MR) is 43.5 cm³/mol. The van der Waals surface area contributed by atoms with Crippen molar-refractivity contribution in [1.29, 1.82) is 0 Å². The Hall–Kier alpha value is -0.100. The summed E-state index contributed by atoms with van der Waals surface area (Å²) in [6.45, 7) is 2.95. The summed E-state index contributed by atoms with van der Waals surface area (Å²) in [7, 11) is 0. The Balaban J connectivity index is 0. The number of carbonyl (C=O) groups excluding carboxylic acids is 2. The van der Waals surface area contributed by atoms with E-state index in [0.717, 1.165) is 0 Å². The Bertz CT molecular complexity index is 198. The van der Waals surface area contributed by atoms with Gasteiger partial charge in [0.2, 0.25) is 5.91 Å². The number of carboxylic acids is 1. The van der Waals surface area contributed by atoms with Gasteiger partial charge in [-0.1, -0.05) is 0 Å².